The number of likely N-dealkylation sites (tertiary alicyclic amines) is 1. The molecular formula is C34H40F2N6O3. The molecule has 1 amide bonds. The normalized spacial score (nSPS) is 16.8. The van der Waals surface area contributed by atoms with E-state index in [1.807, 2.05) is 62.4 Å². The van der Waals surface area contributed by atoms with Crippen molar-refractivity contribution in [2.24, 2.45) is 0 Å². The van der Waals surface area contributed by atoms with Crippen molar-refractivity contribution < 1.29 is 23.0 Å². The van der Waals surface area contributed by atoms with Gasteiger partial charge in [0.25, 0.3) is 0 Å². The van der Waals surface area contributed by atoms with Crippen LogP contribution in [0, 0.1) is 25.5 Å². The zero-order chi connectivity index (χ0) is 31.9. The molecule has 4 aromatic rings. The van der Waals surface area contributed by atoms with Gasteiger partial charge >= 0.3 is 6.09 Å². The molecular weight excluding hydrogens is 578 g/mol. The first-order valence-corrected chi connectivity index (χ1v) is 15.6. The largest absolute Gasteiger partial charge is 0.444 e. The average Bonchev–Trinajstić information content (AvgIpc) is 3.31. The lowest BCUT2D eigenvalue weighted by atomic mass is 10.0. The number of rotatable bonds is 5. The van der Waals surface area contributed by atoms with E-state index >= 15 is 8.78 Å². The van der Waals surface area contributed by atoms with Crippen molar-refractivity contribution in [1.82, 2.24) is 29.5 Å². The van der Waals surface area contributed by atoms with Crippen LogP contribution in [0.1, 0.15) is 56.6 Å². The molecule has 2 aromatic heterocycles. The minimum absolute atomic E-state index is 0.0586. The number of ether oxygens (including phenoxy) is 2. The summed E-state index contributed by atoms with van der Waals surface area (Å²) in [6.45, 7) is 13.3. The van der Waals surface area contributed by atoms with E-state index in [4.69, 9.17) is 19.6 Å². The molecule has 0 saturated carbocycles. The fraction of sp³-hybridized carbons (Fsp3) is 0.471. The molecule has 2 aliphatic heterocycles. The summed E-state index contributed by atoms with van der Waals surface area (Å²) in [6.07, 6.45) is 2.95. The lowest BCUT2D eigenvalue weighted by Crippen LogP contribution is -2.42. The van der Waals surface area contributed by atoms with Gasteiger partial charge in [-0.3, -0.25) is 14.6 Å². The Morgan fingerprint density at radius 2 is 1.73 bits per heavy atom. The topological polar surface area (TPSA) is 85.6 Å². The number of carbonyl (C=O) groups is 1. The van der Waals surface area contributed by atoms with E-state index in [-0.39, 0.29) is 24.2 Å². The molecule has 0 bridgehead atoms. The Morgan fingerprint density at radius 3 is 2.40 bits per heavy atom. The molecule has 0 spiro atoms. The molecule has 9 nitrogen and oxygen atoms in total. The average molecular weight is 619 g/mol. The molecule has 2 saturated heterocycles. The van der Waals surface area contributed by atoms with Crippen molar-refractivity contribution in [1.29, 1.82) is 0 Å². The summed E-state index contributed by atoms with van der Waals surface area (Å²) < 4.78 is 43.6. The fourth-order valence-corrected chi connectivity index (χ4v) is 6.29. The molecule has 238 valence electrons. The van der Waals surface area contributed by atoms with Crippen molar-refractivity contribution in [3.05, 3.63) is 65.1 Å². The number of nitrogens with zero attached hydrogens (tertiary/aromatic N) is 6. The van der Waals surface area contributed by atoms with Gasteiger partial charge in [0.15, 0.2) is 0 Å². The third-order valence-electron chi connectivity index (χ3n) is 8.55. The van der Waals surface area contributed by atoms with Crippen molar-refractivity contribution in [2.75, 3.05) is 39.4 Å². The number of amides is 1. The molecule has 0 aliphatic carbocycles. The zero-order valence-corrected chi connectivity index (χ0v) is 26.6. The SMILES string of the molecule is Cc1nn(C2CCN(C(=O)OC(C)(C)C)CC2)c(C)c1-c1cnc2cccc(-c3cc(F)c(CN4CCOCC4)c(F)c3)c2n1. The van der Waals surface area contributed by atoms with Gasteiger partial charge < -0.3 is 14.4 Å². The summed E-state index contributed by atoms with van der Waals surface area (Å²) in [5, 5.41) is 4.88. The first-order chi connectivity index (χ1) is 21.5. The van der Waals surface area contributed by atoms with Gasteiger partial charge in [-0.2, -0.15) is 5.10 Å². The highest BCUT2D eigenvalue weighted by Crippen LogP contribution is 2.34. The highest BCUT2D eigenvalue weighted by molar-refractivity contribution is 5.92. The summed E-state index contributed by atoms with van der Waals surface area (Å²) in [5.41, 5.74) is 5.04. The smallest absolute Gasteiger partial charge is 0.410 e. The molecule has 0 N–H and O–H groups in total. The fourth-order valence-electron chi connectivity index (χ4n) is 6.29. The van der Waals surface area contributed by atoms with E-state index in [1.54, 1.807) is 11.1 Å². The van der Waals surface area contributed by atoms with Gasteiger partial charge in [-0.1, -0.05) is 12.1 Å². The van der Waals surface area contributed by atoms with Gasteiger partial charge in [-0.25, -0.2) is 18.6 Å². The van der Waals surface area contributed by atoms with Gasteiger partial charge in [0.1, 0.15) is 17.2 Å². The van der Waals surface area contributed by atoms with Crippen LogP contribution in [0.25, 0.3) is 33.4 Å². The standard InChI is InChI=1S/C34H40F2N6O3/c1-21-31(22(2)42(39-21)24-9-11-41(12-10-24)33(43)45-34(3,4)5)30-19-37-29-8-6-7-25(32(29)38-30)23-17-27(35)26(28(36)18-23)20-40-13-15-44-16-14-40/h6-8,17-19,24H,9-16,20H2,1-5H3. The van der Waals surface area contributed by atoms with Crippen LogP contribution in [0.2, 0.25) is 0 Å². The van der Waals surface area contributed by atoms with Crippen LogP contribution in [0.5, 0.6) is 0 Å². The second-order valence-corrected chi connectivity index (χ2v) is 12.9. The van der Waals surface area contributed by atoms with Crippen LogP contribution in [-0.2, 0) is 16.0 Å². The number of benzene rings is 2. The number of para-hydroxylation sites is 1. The maximum atomic E-state index is 15.3. The summed E-state index contributed by atoms with van der Waals surface area (Å²) in [5.74, 6) is -1.16. The number of piperidine rings is 1. The number of carbonyl (C=O) groups excluding carboxylic acids is 1. The van der Waals surface area contributed by atoms with Crippen LogP contribution >= 0.6 is 0 Å². The summed E-state index contributed by atoms with van der Waals surface area (Å²) in [4.78, 5) is 26.0. The van der Waals surface area contributed by atoms with Crippen molar-refractivity contribution in [3.8, 4) is 22.4 Å². The van der Waals surface area contributed by atoms with Crippen LogP contribution in [0.15, 0.2) is 36.5 Å². The molecule has 45 heavy (non-hydrogen) atoms. The first kappa shape index (κ1) is 31.0. The minimum Gasteiger partial charge on any atom is -0.444 e. The van der Waals surface area contributed by atoms with Gasteiger partial charge in [0, 0.05) is 55.1 Å². The van der Waals surface area contributed by atoms with Crippen LogP contribution in [0.4, 0.5) is 13.6 Å². The minimum atomic E-state index is -0.580. The highest BCUT2D eigenvalue weighted by Gasteiger charge is 2.30. The van der Waals surface area contributed by atoms with Crippen molar-refractivity contribution in [2.45, 2.75) is 65.6 Å². The lowest BCUT2D eigenvalue weighted by Gasteiger charge is -2.33. The van der Waals surface area contributed by atoms with E-state index in [2.05, 4.69) is 4.98 Å². The van der Waals surface area contributed by atoms with Gasteiger partial charge in [-0.05, 0) is 71.2 Å². The van der Waals surface area contributed by atoms with Crippen LogP contribution in [0.3, 0.4) is 0 Å². The Kier molecular flexibility index (Phi) is 8.58. The second kappa shape index (κ2) is 12.4. The second-order valence-electron chi connectivity index (χ2n) is 12.9. The Hall–Kier alpha value is -3.96. The number of fused-ring (bicyclic) bond motifs is 1. The molecule has 0 radical (unpaired) electrons. The molecule has 11 heteroatoms. The van der Waals surface area contributed by atoms with E-state index in [0.29, 0.717) is 67.2 Å². The van der Waals surface area contributed by atoms with Crippen LogP contribution < -0.4 is 0 Å². The zero-order valence-electron chi connectivity index (χ0n) is 26.6. The third-order valence-corrected chi connectivity index (χ3v) is 8.55. The molecule has 0 atom stereocenters. The molecule has 4 heterocycles. The molecule has 2 aromatic carbocycles. The van der Waals surface area contributed by atoms with Gasteiger partial charge in [0.2, 0.25) is 0 Å². The van der Waals surface area contributed by atoms with E-state index in [9.17, 15) is 4.79 Å². The molecule has 2 fully saturated rings. The summed E-state index contributed by atoms with van der Waals surface area (Å²) in [7, 11) is 0. The van der Waals surface area contributed by atoms with Crippen molar-refractivity contribution in [3.63, 3.8) is 0 Å². The van der Waals surface area contributed by atoms with Gasteiger partial charge in [-0.15, -0.1) is 0 Å². The molecule has 6 rings (SSSR count). The van der Waals surface area contributed by atoms with E-state index in [1.165, 1.54) is 12.1 Å². The quantitative estimate of drug-likeness (QED) is 0.254. The monoisotopic (exact) mass is 618 g/mol. The number of aromatic nitrogens is 4. The number of morpholine rings is 1. The number of halogens is 2. The molecule has 0 unspecified atom stereocenters. The predicted molar refractivity (Wildman–Crippen MR) is 168 cm³/mol. The van der Waals surface area contributed by atoms with E-state index in [0.717, 1.165) is 29.8 Å². The Bertz CT molecular complexity index is 1700. The summed E-state index contributed by atoms with van der Waals surface area (Å²) >= 11 is 0. The first-order valence-electron chi connectivity index (χ1n) is 15.6. The van der Waals surface area contributed by atoms with E-state index < -0.39 is 17.2 Å². The number of aryl methyl sites for hydroxylation is 1. The Balaban J connectivity index is 1.27. The number of hydrogen-bond donors (Lipinski definition) is 0. The lowest BCUT2D eigenvalue weighted by molar-refractivity contribution is 0.0184. The third kappa shape index (κ3) is 6.55. The maximum absolute atomic E-state index is 15.3. The van der Waals surface area contributed by atoms with Crippen LogP contribution in [-0.4, -0.2) is 80.6 Å². The number of hydrogen-bond acceptors (Lipinski definition) is 7. The highest BCUT2D eigenvalue weighted by atomic mass is 19.1. The summed E-state index contributed by atoms with van der Waals surface area (Å²) in [6, 6.07) is 8.39. The van der Waals surface area contributed by atoms with Gasteiger partial charge in [0.05, 0.1) is 47.9 Å². The van der Waals surface area contributed by atoms with Crippen molar-refractivity contribution >= 4 is 17.1 Å². The Labute approximate surface area is 262 Å². The maximum Gasteiger partial charge on any atom is 0.410 e. The molecule has 2 aliphatic rings. The Morgan fingerprint density at radius 1 is 1.04 bits per heavy atom. The predicted octanol–water partition coefficient (Wildman–Crippen LogP) is 6.46.